The highest BCUT2D eigenvalue weighted by Gasteiger charge is 2.21. The number of hydrogen-bond acceptors (Lipinski definition) is 4. The van der Waals surface area contributed by atoms with Crippen LogP contribution in [-0.4, -0.2) is 26.7 Å². The van der Waals surface area contributed by atoms with Gasteiger partial charge in [-0.05, 0) is 18.6 Å². The van der Waals surface area contributed by atoms with Crippen molar-refractivity contribution in [3.05, 3.63) is 61.9 Å². The molecule has 1 aromatic carbocycles. The minimum atomic E-state index is -0.398. The molecule has 3 aromatic rings. The van der Waals surface area contributed by atoms with Gasteiger partial charge in [-0.3, -0.25) is 18.7 Å². The summed E-state index contributed by atoms with van der Waals surface area (Å²) in [6, 6.07) is 7.46. The zero-order valence-electron chi connectivity index (χ0n) is 16.7. The van der Waals surface area contributed by atoms with Crippen molar-refractivity contribution in [2.45, 2.75) is 19.9 Å². The number of nitrogens with one attached hydrogen (secondary N) is 1. The van der Waals surface area contributed by atoms with E-state index in [2.05, 4.69) is 5.32 Å². The lowest BCUT2D eigenvalue weighted by Gasteiger charge is -2.10. The summed E-state index contributed by atoms with van der Waals surface area (Å²) in [4.78, 5) is 37.6. The van der Waals surface area contributed by atoms with Gasteiger partial charge in [0.25, 0.3) is 5.56 Å². The molecule has 0 aliphatic heterocycles. The summed E-state index contributed by atoms with van der Waals surface area (Å²) in [6.45, 7) is 2.16. The van der Waals surface area contributed by atoms with E-state index < -0.39 is 11.2 Å². The maximum atomic E-state index is 12.7. The molecule has 0 aliphatic carbocycles. The normalized spacial score (nSPS) is 11.0. The number of benzene rings is 1. The van der Waals surface area contributed by atoms with Crippen LogP contribution in [0.1, 0.15) is 16.8 Å². The zero-order chi connectivity index (χ0) is 20.6. The van der Waals surface area contributed by atoms with Crippen molar-refractivity contribution in [3.63, 3.8) is 0 Å². The van der Waals surface area contributed by atoms with Gasteiger partial charge in [-0.25, -0.2) is 4.79 Å². The number of para-hydroxylation sites is 1. The summed E-state index contributed by atoms with van der Waals surface area (Å²) in [7, 11) is 6.43. The fourth-order valence-corrected chi connectivity index (χ4v) is 3.51. The summed E-state index contributed by atoms with van der Waals surface area (Å²) in [5.41, 5.74) is 2.00. The first kappa shape index (κ1) is 19.5. The number of amides is 1. The monoisotopic (exact) mass is 384 g/mol. The van der Waals surface area contributed by atoms with Crippen molar-refractivity contribution in [1.82, 2.24) is 19.0 Å². The number of nitrogens with zero attached hydrogens (tertiary/aromatic N) is 3. The molecule has 8 heteroatoms. The average Bonchev–Trinajstić information content (AvgIpc) is 2.94. The highest BCUT2D eigenvalue weighted by atomic mass is 16.5. The summed E-state index contributed by atoms with van der Waals surface area (Å²) >= 11 is 0. The molecule has 0 radical (unpaired) electrons. The van der Waals surface area contributed by atoms with Crippen molar-refractivity contribution in [3.8, 4) is 5.75 Å². The molecule has 0 fully saturated rings. The van der Waals surface area contributed by atoms with Crippen LogP contribution in [0.5, 0.6) is 5.75 Å². The van der Waals surface area contributed by atoms with Gasteiger partial charge in [-0.15, -0.1) is 0 Å². The van der Waals surface area contributed by atoms with Crippen molar-refractivity contribution in [2.24, 2.45) is 21.1 Å². The van der Waals surface area contributed by atoms with Gasteiger partial charge >= 0.3 is 5.69 Å². The number of methoxy groups -OCH3 is 1. The maximum Gasteiger partial charge on any atom is 0.332 e. The SMILES string of the molecule is COc1ccccc1CNC(=O)Cc1c(C)n(C)c2c1c(=O)n(C)c(=O)n2C. The van der Waals surface area contributed by atoms with Gasteiger partial charge in [0.1, 0.15) is 11.4 Å². The fraction of sp³-hybridized carbons (Fsp3) is 0.350. The predicted octanol–water partition coefficient (Wildman–Crippen LogP) is 0.752. The predicted molar refractivity (Wildman–Crippen MR) is 107 cm³/mol. The van der Waals surface area contributed by atoms with Crippen LogP contribution in [0.4, 0.5) is 0 Å². The third-order valence-electron chi connectivity index (χ3n) is 5.20. The van der Waals surface area contributed by atoms with Crippen LogP contribution >= 0.6 is 0 Å². The van der Waals surface area contributed by atoms with E-state index in [1.807, 2.05) is 31.2 Å². The quantitative estimate of drug-likeness (QED) is 0.703. The van der Waals surface area contributed by atoms with E-state index in [9.17, 15) is 14.4 Å². The molecule has 28 heavy (non-hydrogen) atoms. The lowest BCUT2D eigenvalue weighted by molar-refractivity contribution is -0.120. The number of ether oxygens (including phenoxy) is 1. The Balaban J connectivity index is 1.94. The molecule has 3 rings (SSSR count). The number of carbonyl (C=O) groups is 1. The Hall–Kier alpha value is -3.29. The smallest absolute Gasteiger partial charge is 0.332 e. The average molecular weight is 384 g/mol. The Morgan fingerprint density at radius 3 is 2.43 bits per heavy atom. The van der Waals surface area contributed by atoms with E-state index >= 15 is 0 Å². The first-order chi connectivity index (χ1) is 13.3. The second-order valence-corrected chi connectivity index (χ2v) is 6.79. The standard InChI is InChI=1S/C20H24N4O4/c1-12-14(10-16(25)21-11-13-8-6-7-9-15(13)28-5)17-18(22(12)2)23(3)20(27)24(4)19(17)26/h6-9H,10-11H2,1-5H3,(H,21,25). The minimum absolute atomic E-state index is 0.0474. The second kappa shape index (κ2) is 7.38. The Morgan fingerprint density at radius 2 is 1.75 bits per heavy atom. The molecule has 0 atom stereocenters. The molecule has 1 amide bonds. The van der Waals surface area contributed by atoms with Gasteiger partial charge in [0, 0.05) is 38.9 Å². The van der Waals surface area contributed by atoms with E-state index in [1.165, 1.54) is 11.6 Å². The number of aromatic nitrogens is 3. The lowest BCUT2D eigenvalue weighted by Crippen LogP contribution is -2.37. The molecule has 1 N–H and O–H groups in total. The molecule has 8 nitrogen and oxygen atoms in total. The summed E-state index contributed by atoms with van der Waals surface area (Å²) in [5.74, 6) is 0.491. The molecule has 2 aromatic heterocycles. The Bertz CT molecular complexity index is 1180. The van der Waals surface area contributed by atoms with Gasteiger partial charge in [0.2, 0.25) is 5.91 Å². The Kier molecular flexibility index (Phi) is 5.13. The molecule has 0 aliphatic rings. The first-order valence-corrected chi connectivity index (χ1v) is 8.90. The van der Waals surface area contributed by atoms with Crippen molar-refractivity contribution >= 4 is 16.9 Å². The number of fused-ring (bicyclic) bond motifs is 1. The van der Waals surface area contributed by atoms with E-state index in [4.69, 9.17) is 4.74 Å². The molecular weight excluding hydrogens is 360 g/mol. The molecule has 0 spiro atoms. The maximum absolute atomic E-state index is 12.7. The highest BCUT2D eigenvalue weighted by molar-refractivity contribution is 5.88. The molecule has 0 saturated carbocycles. The van der Waals surface area contributed by atoms with E-state index in [0.717, 1.165) is 15.8 Å². The van der Waals surface area contributed by atoms with Gasteiger partial charge in [-0.1, -0.05) is 18.2 Å². The van der Waals surface area contributed by atoms with Crippen LogP contribution in [0, 0.1) is 6.92 Å². The number of aryl methyl sites for hydroxylation is 2. The minimum Gasteiger partial charge on any atom is -0.496 e. The second-order valence-electron chi connectivity index (χ2n) is 6.79. The van der Waals surface area contributed by atoms with Crippen LogP contribution < -0.4 is 21.3 Å². The van der Waals surface area contributed by atoms with Crippen LogP contribution in [0.15, 0.2) is 33.9 Å². The summed E-state index contributed by atoms with van der Waals surface area (Å²) < 4.78 is 9.57. The largest absolute Gasteiger partial charge is 0.496 e. The number of rotatable bonds is 5. The van der Waals surface area contributed by atoms with Crippen LogP contribution in [0.3, 0.4) is 0 Å². The third kappa shape index (κ3) is 3.11. The van der Waals surface area contributed by atoms with Gasteiger partial charge in [0.15, 0.2) is 0 Å². The molecule has 0 unspecified atom stereocenters. The topological polar surface area (TPSA) is 87.3 Å². The van der Waals surface area contributed by atoms with Crippen molar-refractivity contribution in [2.75, 3.05) is 7.11 Å². The number of hydrogen-bond donors (Lipinski definition) is 1. The highest BCUT2D eigenvalue weighted by Crippen LogP contribution is 2.22. The van der Waals surface area contributed by atoms with Crippen LogP contribution in [-0.2, 0) is 38.9 Å². The molecule has 2 heterocycles. The van der Waals surface area contributed by atoms with E-state index in [0.29, 0.717) is 28.9 Å². The lowest BCUT2D eigenvalue weighted by atomic mass is 10.1. The summed E-state index contributed by atoms with van der Waals surface area (Å²) in [5, 5.41) is 3.28. The van der Waals surface area contributed by atoms with Crippen LogP contribution in [0.25, 0.3) is 11.0 Å². The van der Waals surface area contributed by atoms with Crippen LogP contribution in [0.2, 0.25) is 0 Å². The Labute approximate surface area is 162 Å². The number of carbonyl (C=O) groups excluding carboxylic acids is 1. The summed E-state index contributed by atoms with van der Waals surface area (Å²) in [6.07, 6.45) is 0.0474. The van der Waals surface area contributed by atoms with Gasteiger partial charge in [0.05, 0.1) is 18.9 Å². The van der Waals surface area contributed by atoms with E-state index in [1.54, 1.807) is 25.8 Å². The molecule has 0 saturated heterocycles. The van der Waals surface area contributed by atoms with Crippen molar-refractivity contribution in [1.29, 1.82) is 0 Å². The van der Waals surface area contributed by atoms with Gasteiger partial charge in [-0.2, -0.15) is 0 Å². The third-order valence-corrected chi connectivity index (χ3v) is 5.20. The molecular formula is C20H24N4O4. The first-order valence-electron chi connectivity index (χ1n) is 8.90. The van der Waals surface area contributed by atoms with E-state index in [-0.39, 0.29) is 12.3 Å². The molecule has 0 bridgehead atoms. The van der Waals surface area contributed by atoms with Crippen molar-refractivity contribution < 1.29 is 9.53 Å². The molecule has 148 valence electrons. The fourth-order valence-electron chi connectivity index (χ4n) is 3.51. The Morgan fingerprint density at radius 1 is 1.07 bits per heavy atom. The van der Waals surface area contributed by atoms with Gasteiger partial charge < -0.3 is 14.6 Å². The zero-order valence-corrected chi connectivity index (χ0v) is 16.7.